The Bertz CT molecular complexity index is 625. The van der Waals surface area contributed by atoms with Crippen molar-refractivity contribution in [2.24, 2.45) is 0 Å². The first-order valence-electron chi connectivity index (χ1n) is 6.99. The molecule has 7 heteroatoms. The molecule has 0 unspecified atom stereocenters. The van der Waals surface area contributed by atoms with Crippen molar-refractivity contribution < 1.29 is 14.3 Å². The highest BCUT2D eigenvalue weighted by molar-refractivity contribution is 5.79. The van der Waals surface area contributed by atoms with Crippen LogP contribution in [0.25, 0.3) is 5.69 Å². The van der Waals surface area contributed by atoms with Gasteiger partial charge in [0.2, 0.25) is 5.91 Å². The smallest absolute Gasteiger partial charge is 0.426 e. The summed E-state index contributed by atoms with van der Waals surface area (Å²) in [6.45, 7) is 1.94. The predicted octanol–water partition coefficient (Wildman–Crippen LogP) is 1.58. The number of hydrazine groups is 1. The van der Waals surface area contributed by atoms with E-state index in [9.17, 15) is 9.59 Å². The van der Waals surface area contributed by atoms with E-state index in [4.69, 9.17) is 0 Å². The Morgan fingerprint density at radius 3 is 2.73 bits per heavy atom. The molecule has 22 heavy (non-hydrogen) atoms. The Hall–Kier alpha value is -2.83. The van der Waals surface area contributed by atoms with Gasteiger partial charge in [-0.2, -0.15) is 5.10 Å². The molecule has 0 aliphatic rings. The van der Waals surface area contributed by atoms with Gasteiger partial charge >= 0.3 is 6.09 Å². The highest BCUT2D eigenvalue weighted by Gasteiger charge is 2.06. The fraction of sp³-hybridized carbons (Fsp3) is 0.267. The Labute approximate surface area is 128 Å². The van der Waals surface area contributed by atoms with Crippen LogP contribution < -0.4 is 10.9 Å². The average Bonchev–Trinajstić information content (AvgIpc) is 3.01. The molecule has 2 rings (SSSR count). The summed E-state index contributed by atoms with van der Waals surface area (Å²) < 4.78 is 6.38. The van der Waals surface area contributed by atoms with Gasteiger partial charge in [0.25, 0.3) is 0 Å². The minimum atomic E-state index is -0.673. The van der Waals surface area contributed by atoms with Gasteiger partial charge in [0.1, 0.15) is 0 Å². The van der Waals surface area contributed by atoms with Crippen LogP contribution >= 0.6 is 0 Å². The van der Waals surface area contributed by atoms with Crippen molar-refractivity contribution in [2.75, 3.05) is 6.61 Å². The highest BCUT2D eigenvalue weighted by atomic mass is 16.5. The average molecular weight is 302 g/mol. The van der Waals surface area contributed by atoms with Gasteiger partial charge in [-0.05, 0) is 31.0 Å². The van der Waals surface area contributed by atoms with E-state index in [0.29, 0.717) is 6.42 Å². The van der Waals surface area contributed by atoms with Gasteiger partial charge in [-0.3, -0.25) is 10.2 Å². The van der Waals surface area contributed by atoms with Gasteiger partial charge in [0, 0.05) is 12.6 Å². The number of rotatable bonds is 5. The maximum absolute atomic E-state index is 11.6. The second-order valence-corrected chi connectivity index (χ2v) is 4.52. The van der Waals surface area contributed by atoms with Gasteiger partial charge in [-0.15, -0.1) is 0 Å². The number of carbonyl (C=O) groups excluding carboxylic acids is 2. The summed E-state index contributed by atoms with van der Waals surface area (Å²) in [5.41, 5.74) is 6.35. The Kier molecular flexibility index (Phi) is 5.53. The summed E-state index contributed by atoms with van der Waals surface area (Å²) in [7, 11) is 0. The Balaban J connectivity index is 1.79. The molecule has 0 spiro atoms. The van der Waals surface area contributed by atoms with Crippen molar-refractivity contribution >= 4 is 12.0 Å². The van der Waals surface area contributed by atoms with Crippen molar-refractivity contribution in [1.29, 1.82) is 0 Å². The molecule has 2 aromatic rings. The van der Waals surface area contributed by atoms with E-state index >= 15 is 0 Å². The van der Waals surface area contributed by atoms with E-state index in [1.165, 1.54) is 0 Å². The molecule has 0 bridgehead atoms. The normalized spacial score (nSPS) is 10.0. The lowest BCUT2D eigenvalue weighted by molar-refractivity contribution is -0.121. The lowest BCUT2D eigenvalue weighted by Crippen LogP contribution is -2.41. The van der Waals surface area contributed by atoms with Crippen LogP contribution in [0.2, 0.25) is 0 Å². The fourth-order valence-electron chi connectivity index (χ4n) is 1.82. The van der Waals surface area contributed by atoms with Crippen LogP contribution in [-0.4, -0.2) is 28.4 Å². The van der Waals surface area contributed by atoms with Crippen LogP contribution in [0.15, 0.2) is 42.7 Å². The van der Waals surface area contributed by atoms with Crippen molar-refractivity contribution in [3.8, 4) is 5.69 Å². The first kappa shape index (κ1) is 15.6. The lowest BCUT2D eigenvalue weighted by Gasteiger charge is -2.06. The standard InChI is InChI=1S/C15H18N4O3/c1-2-22-15(21)18-17-14(20)9-8-12-10-16-19(11-12)13-6-4-3-5-7-13/h3-7,10-11H,2,8-9H2,1H3,(H,17,20)(H,18,21). The number of amides is 2. The summed E-state index contributed by atoms with van der Waals surface area (Å²) in [4.78, 5) is 22.6. The van der Waals surface area contributed by atoms with E-state index in [-0.39, 0.29) is 18.9 Å². The van der Waals surface area contributed by atoms with E-state index in [1.54, 1.807) is 17.8 Å². The number of nitrogens with zero attached hydrogens (tertiary/aromatic N) is 2. The largest absolute Gasteiger partial charge is 0.449 e. The summed E-state index contributed by atoms with van der Waals surface area (Å²) in [6, 6.07) is 9.71. The van der Waals surface area contributed by atoms with Crippen molar-refractivity contribution in [2.45, 2.75) is 19.8 Å². The third kappa shape index (κ3) is 4.62. The minimum absolute atomic E-state index is 0.243. The second-order valence-electron chi connectivity index (χ2n) is 4.52. The highest BCUT2D eigenvalue weighted by Crippen LogP contribution is 2.08. The Morgan fingerprint density at radius 1 is 1.23 bits per heavy atom. The molecule has 2 N–H and O–H groups in total. The quantitative estimate of drug-likeness (QED) is 0.821. The van der Waals surface area contributed by atoms with Gasteiger partial charge in [-0.1, -0.05) is 18.2 Å². The zero-order chi connectivity index (χ0) is 15.8. The molecule has 1 aromatic heterocycles. The topological polar surface area (TPSA) is 85.2 Å². The molecule has 0 atom stereocenters. The van der Waals surface area contributed by atoms with Gasteiger partial charge < -0.3 is 4.74 Å². The first-order chi connectivity index (χ1) is 10.7. The number of aromatic nitrogens is 2. The summed E-state index contributed by atoms with van der Waals surface area (Å²) in [5.74, 6) is -0.291. The van der Waals surface area contributed by atoms with E-state index in [0.717, 1.165) is 11.3 Å². The molecular formula is C15H18N4O3. The van der Waals surface area contributed by atoms with Crippen LogP contribution in [-0.2, 0) is 16.0 Å². The summed E-state index contributed by atoms with van der Waals surface area (Å²) in [6.07, 6.45) is 3.70. The number of nitrogens with one attached hydrogen (secondary N) is 2. The number of benzene rings is 1. The Morgan fingerprint density at radius 2 is 2.00 bits per heavy atom. The van der Waals surface area contributed by atoms with E-state index in [1.807, 2.05) is 36.5 Å². The van der Waals surface area contributed by atoms with E-state index < -0.39 is 6.09 Å². The fourth-order valence-corrected chi connectivity index (χ4v) is 1.82. The summed E-state index contributed by atoms with van der Waals surface area (Å²) in [5, 5.41) is 4.26. The molecule has 0 fully saturated rings. The zero-order valence-electron chi connectivity index (χ0n) is 12.3. The molecule has 1 heterocycles. The number of carbonyl (C=O) groups is 2. The van der Waals surface area contributed by atoms with Crippen molar-refractivity contribution in [1.82, 2.24) is 20.6 Å². The third-order valence-electron chi connectivity index (χ3n) is 2.88. The molecule has 7 nitrogen and oxygen atoms in total. The molecule has 0 aliphatic heterocycles. The zero-order valence-corrected chi connectivity index (χ0v) is 12.3. The molecule has 116 valence electrons. The number of aryl methyl sites for hydroxylation is 1. The monoisotopic (exact) mass is 302 g/mol. The van der Waals surface area contributed by atoms with Crippen LogP contribution in [0.3, 0.4) is 0 Å². The molecule has 0 radical (unpaired) electrons. The van der Waals surface area contributed by atoms with E-state index in [2.05, 4.69) is 20.7 Å². The van der Waals surface area contributed by atoms with Gasteiger partial charge in [0.05, 0.1) is 18.5 Å². The summed E-state index contributed by atoms with van der Waals surface area (Å²) >= 11 is 0. The third-order valence-corrected chi connectivity index (χ3v) is 2.88. The number of ether oxygens (including phenoxy) is 1. The predicted molar refractivity (Wildman–Crippen MR) is 80.2 cm³/mol. The maximum atomic E-state index is 11.6. The molecule has 2 amide bonds. The maximum Gasteiger partial charge on any atom is 0.426 e. The van der Waals surface area contributed by atoms with Crippen LogP contribution in [0.1, 0.15) is 18.9 Å². The number of hydrogen-bond donors (Lipinski definition) is 2. The molecule has 0 aliphatic carbocycles. The van der Waals surface area contributed by atoms with Crippen molar-refractivity contribution in [3.05, 3.63) is 48.3 Å². The molecule has 0 saturated heterocycles. The molecule has 0 saturated carbocycles. The van der Waals surface area contributed by atoms with Crippen LogP contribution in [0.4, 0.5) is 4.79 Å². The minimum Gasteiger partial charge on any atom is -0.449 e. The molecule has 1 aromatic carbocycles. The first-order valence-corrected chi connectivity index (χ1v) is 6.99. The number of para-hydroxylation sites is 1. The van der Waals surface area contributed by atoms with Gasteiger partial charge in [0.15, 0.2) is 0 Å². The number of hydrogen-bond acceptors (Lipinski definition) is 4. The van der Waals surface area contributed by atoms with Gasteiger partial charge in [-0.25, -0.2) is 14.9 Å². The SMILES string of the molecule is CCOC(=O)NNC(=O)CCc1cnn(-c2ccccc2)c1. The van der Waals surface area contributed by atoms with Crippen LogP contribution in [0, 0.1) is 0 Å². The molecular weight excluding hydrogens is 284 g/mol. The second kappa shape index (κ2) is 7.82. The lowest BCUT2D eigenvalue weighted by atomic mass is 10.2. The van der Waals surface area contributed by atoms with Crippen LogP contribution in [0.5, 0.6) is 0 Å². The van der Waals surface area contributed by atoms with Crippen molar-refractivity contribution in [3.63, 3.8) is 0 Å².